The maximum absolute atomic E-state index is 12.7. The zero-order chi connectivity index (χ0) is 20.7. The number of likely N-dealkylation sites (N-methyl/N-ethyl adjacent to an activating group) is 1. The Hall–Kier alpha value is -3.28. The highest BCUT2D eigenvalue weighted by molar-refractivity contribution is 6.00. The SMILES string of the molecule is C=CCOc1ccc(C(=O)N(C)CC(=O)Nc2c(C)cccc2C)cc1OC. The number of para-hydroxylation sites is 1. The van der Waals surface area contributed by atoms with Crippen LogP contribution in [0.5, 0.6) is 11.5 Å². The molecule has 6 nitrogen and oxygen atoms in total. The van der Waals surface area contributed by atoms with Gasteiger partial charge in [-0.05, 0) is 43.2 Å². The maximum atomic E-state index is 12.7. The van der Waals surface area contributed by atoms with Gasteiger partial charge in [0.1, 0.15) is 6.61 Å². The third kappa shape index (κ3) is 5.13. The Labute approximate surface area is 165 Å². The number of hydrogen-bond acceptors (Lipinski definition) is 4. The van der Waals surface area contributed by atoms with Crippen molar-refractivity contribution >= 4 is 17.5 Å². The minimum Gasteiger partial charge on any atom is -0.493 e. The molecule has 2 amide bonds. The highest BCUT2D eigenvalue weighted by Gasteiger charge is 2.18. The molecule has 0 aliphatic heterocycles. The average molecular weight is 382 g/mol. The van der Waals surface area contributed by atoms with Crippen LogP contribution >= 0.6 is 0 Å². The topological polar surface area (TPSA) is 67.9 Å². The van der Waals surface area contributed by atoms with E-state index in [4.69, 9.17) is 9.47 Å². The largest absolute Gasteiger partial charge is 0.493 e. The highest BCUT2D eigenvalue weighted by atomic mass is 16.5. The van der Waals surface area contributed by atoms with Crippen LogP contribution < -0.4 is 14.8 Å². The van der Waals surface area contributed by atoms with Crippen LogP contribution in [0.2, 0.25) is 0 Å². The number of carbonyl (C=O) groups is 2. The van der Waals surface area contributed by atoms with Crippen LogP contribution in [0, 0.1) is 13.8 Å². The zero-order valence-corrected chi connectivity index (χ0v) is 16.7. The molecule has 0 saturated heterocycles. The number of nitrogens with zero attached hydrogens (tertiary/aromatic N) is 1. The second-order valence-electron chi connectivity index (χ2n) is 6.44. The zero-order valence-electron chi connectivity index (χ0n) is 16.7. The fourth-order valence-electron chi connectivity index (χ4n) is 2.77. The molecule has 0 atom stereocenters. The van der Waals surface area contributed by atoms with E-state index in [2.05, 4.69) is 11.9 Å². The summed E-state index contributed by atoms with van der Waals surface area (Å²) < 4.78 is 10.8. The molecule has 0 bridgehead atoms. The van der Waals surface area contributed by atoms with Gasteiger partial charge in [-0.25, -0.2) is 0 Å². The van der Waals surface area contributed by atoms with Gasteiger partial charge in [0.15, 0.2) is 11.5 Å². The molecule has 0 fully saturated rings. The Morgan fingerprint density at radius 1 is 1.14 bits per heavy atom. The predicted octanol–water partition coefficient (Wildman–Crippen LogP) is 3.59. The van der Waals surface area contributed by atoms with Crippen molar-refractivity contribution in [2.45, 2.75) is 13.8 Å². The first-order chi connectivity index (χ1) is 13.4. The first-order valence-electron chi connectivity index (χ1n) is 8.90. The van der Waals surface area contributed by atoms with Crippen molar-refractivity contribution < 1.29 is 19.1 Å². The molecule has 0 aromatic heterocycles. The predicted molar refractivity (Wildman–Crippen MR) is 110 cm³/mol. The summed E-state index contributed by atoms with van der Waals surface area (Å²) in [7, 11) is 3.09. The maximum Gasteiger partial charge on any atom is 0.254 e. The van der Waals surface area contributed by atoms with Gasteiger partial charge in [0.05, 0.1) is 13.7 Å². The molecule has 0 unspecified atom stereocenters. The van der Waals surface area contributed by atoms with Gasteiger partial charge in [-0.1, -0.05) is 30.9 Å². The molecule has 2 aromatic rings. The summed E-state index contributed by atoms with van der Waals surface area (Å²) in [5.41, 5.74) is 3.13. The normalized spacial score (nSPS) is 10.1. The number of ether oxygens (including phenoxy) is 2. The highest BCUT2D eigenvalue weighted by Crippen LogP contribution is 2.28. The van der Waals surface area contributed by atoms with Gasteiger partial charge in [-0.3, -0.25) is 9.59 Å². The van der Waals surface area contributed by atoms with Gasteiger partial charge in [0, 0.05) is 18.3 Å². The number of anilines is 1. The van der Waals surface area contributed by atoms with Crippen molar-refractivity contribution in [3.63, 3.8) is 0 Å². The minimum atomic E-state index is -0.287. The van der Waals surface area contributed by atoms with Gasteiger partial charge < -0.3 is 19.7 Å². The fourth-order valence-corrected chi connectivity index (χ4v) is 2.77. The van der Waals surface area contributed by atoms with Crippen LogP contribution in [0.4, 0.5) is 5.69 Å². The van der Waals surface area contributed by atoms with E-state index in [9.17, 15) is 9.59 Å². The van der Waals surface area contributed by atoms with Crippen molar-refractivity contribution in [3.8, 4) is 11.5 Å². The summed E-state index contributed by atoms with van der Waals surface area (Å²) in [5, 5.41) is 2.88. The monoisotopic (exact) mass is 382 g/mol. The van der Waals surface area contributed by atoms with E-state index in [0.717, 1.165) is 16.8 Å². The molecule has 148 valence electrons. The lowest BCUT2D eigenvalue weighted by Gasteiger charge is -2.19. The molecule has 0 heterocycles. The second kappa shape index (κ2) is 9.60. The molecule has 2 rings (SSSR count). The van der Waals surface area contributed by atoms with Gasteiger partial charge in [0.25, 0.3) is 5.91 Å². The summed E-state index contributed by atoms with van der Waals surface area (Å²) in [6, 6.07) is 10.7. The lowest BCUT2D eigenvalue weighted by atomic mass is 10.1. The van der Waals surface area contributed by atoms with E-state index >= 15 is 0 Å². The Bertz CT molecular complexity index is 857. The molecule has 0 spiro atoms. The van der Waals surface area contributed by atoms with E-state index in [1.165, 1.54) is 12.0 Å². The number of carbonyl (C=O) groups excluding carboxylic acids is 2. The third-order valence-corrected chi connectivity index (χ3v) is 4.24. The summed E-state index contributed by atoms with van der Waals surface area (Å²) in [4.78, 5) is 26.5. The van der Waals surface area contributed by atoms with Gasteiger partial charge >= 0.3 is 0 Å². The first-order valence-corrected chi connectivity index (χ1v) is 8.90. The molecule has 0 aliphatic carbocycles. The van der Waals surface area contributed by atoms with Crippen molar-refractivity contribution in [2.24, 2.45) is 0 Å². The Morgan fingerprint density at radius 3 is 2.43 bits per heavy atom. The molecule has 0 aliphatic rings. The molecule has 0 radical (unpaired) electrons. The van der Waals surface area contributed by atoms with Crippen LogP contribution in [-0.4, -0.2) is 44.0 Å². The number of methoxy groups -OCH3 is 1. The number of hydrogen-bond donors (Lipinski definition) is 1. The molecule has 1 N–H and O–H groups in total. The standard InChI is InChI=1S/C22H26N2O4/c1-6-12-28-18-11-10-17(13-19(18)27-5)22(26)24(4)14-20(25)23-21-15(2)8-7-9-16(21)3/h6-11,13H,1,12,14H2,2-5H3,(H,23,25). The van der Waals surface area contributed by atoms with Crippen LogP contribution in [-0.2, 0) is 4.79 Å². The molecule has 6 heteroatoms. The number of nitrogens with one attached hydrogen (secondary N) is 1. The number of rotatable bonds is 8. The smallest absolute Gasteiger partial charge is 0.254 e. The van der Waals surface area contributed by atoms with E-state index in [1.54, 1.807) is 31.3 Å². The van der Waals surface area contributed by atoms with E-state index < -0.39 is 0 Å². The molecule has 28 heavy (non-hydrogen) atoms. The van der Waals surface area contributed by atoms with Crippen molar-refractivity contribution in [1.29, 1.82) is 0 Å². The summed E-state index contributed by atoms with van der Waals surface area (Å²) in [6.45, 7) is 7.73. The average Bonchev–Trinajstić information content (AvgIpc) is 2.68. The van der Waals surface area contributed by atoms with E-state index in [0.29, 0.717) is 23.7 Å². The number of benzene rings is 2. The molecular weight excluding hydrogens is 356 g/mol. The van der Waals surface area contributed by atoms with Gasteiger partial charge in [-0.2, -0.15) is 0 Å². The van der Waals surface area contributed by atoms with Gasteiger partial charge in [0.2, 0.25) is 5.91 Å². The summed E-state index contributed by atoms with van der Waals surface area (Å²) in [5.74, 6) is 0.423. The summed E-state index contributed by atoms with van der Waals surface area (Å²) in [6.07, 6.45) is 1.63. The van der Waals surface area contributed by atoms with Gasteiger partial charge in [-0.15, -0.1) is 0 Å². The van der Waals surface area contributed by atoms with Crippen LogP contribution in [0.3, 0.4) is 0 Å². The molecular formula is C22H26N2O4. The molecule has 0 saturated carbocycles. The Morgan fingerprint density at radius 2 is 1.82 bits per heavy atom. The van der Waals surface area contributed by atoms with E-state index in [-0.39, 0.29) is 18.4 Å². The lowest BCUT2D eigenvalue weighted by molar-refractivity contribution is -0.116. The third-order valence-electron chi connectivity index (χ3n) is 4.24. The fraction of sp³-hybridized carbons (Fsp3) is 0.273. The lowest BCUT2D eigenvalue weighted by Crippen LogP contribution is -2.35. The molecule has 2 aromatic carbocycles. The quantitative estimate of drug-likeness (QED) is 0.709. The second-order valence-corrected chi connectivity index (χ2v) is 6.44. The van der Waals surface area contributed by atoms with Crippen molar-refractivity contribution in [3.05, 3.63) is 65.7 Å². The van der Waals surface area contributed by atoms with Crippen molar-refractivity contribution in [2.75, 3.05) is 32.6 Å². The van der Waals surface area contributed by atoms with E-state index in [1.807, 2.05) is 32.0 Å². The first kappa shape index (κ1) is 21.0. The summed E-state index contributed by atoms with van der Waals surface area (Å²) >= 11 is 0. The Kier molecular flexibility index (Phi) is 7.21. The van der Waals surface area contributed by atoms with Crippen molar-refractivity contribution in [1.82, 2.24) is 4.90 Å². The van der Waals surface area contributed by atoms with Crippen LogP contribution in [0.15, 0.2) is 49.1 Å². The Balaban J connectivity index is 2.07. The minimum absolute atomic E-state index is 0.0658. The van der Waals surface area contributed by atoms with Crippen LogP contribution in [0.25, 0.3) is 0 Å². The number of amides is 2. The van der Waals surface area contributed by atoms with Crippen LogP contribution in [0.1, 0.15) is 21.5 Å². The number of aryl methyl sites for hydroxylation is 2.